The molecule has 0 saturated carbocycles. The first-order valence-corrected chi connectivity index (χ1v) is 11.9. The van der Waals surface area contributed by atoms with E-state index in [-0.39, 0.29) is 23.4 Å². The van der Waals surface area contributed by atoms with Crippen molar-refractivity contribution in [3.8, 4) is 11.8 Å². The Hall–Kier alpha value is -3.35. The Labute approximate surface area is 187 Å². The van der Waals surface area contributed by atoms with Crippen molar-refractivity contribution in [1.29, 1.82) is 0 Å². The van der Waals surface area contributed by atoms with Gasteiger partial charge in [-0.25, -0.2) is 13.2 Å². The fraction of sp³-hybridized carbons (Fsp3) is 0.304. The first-order chi connectivity index (χ1) is 15.4. The van der Waals surface area contributed by atoms with Crippen LogP contribution in [0.2, 0.25) is 0 Å². The Morgan fingerprint density at radius 1 is 1.00 bits per heavy atom. The number of urea groups is 1. The fourth-order valence-electron chi connectivity index (χ4n) is 3.67. The second-order valence-electron chi connectivity index (χ2n) is 7.55. The van der Waals surface area contributed by atoms with Gasteiger partial charge in [0.05, 0.1) is 11.4 Å². The summed E-state index contributed by atoms with van der Waals surface area (Å²) in [4.78, 5) is 25.9. The average Bonchev–Trinajstić information content (AvgIpc) is 3.50. The molecule has 2 saturated heterocycles. The van der Waals surface area contributed by atoms with Crippen molar-refractivity contribution in [2.75, 3.05) is 37.6 Å². The first-order valence-electron chi connectivity index (χ1n) is 10.5. The summed E-state index contributed by atoms with van der Waals surface area (Å²) >= 11 is 0. The van der Waals surface area contributed by atoms with Gasteiger partial charge in [-0.3, -0.25) is 9.69 Å². The van der Waals surface area contributed by atoms with Crippen LogP contribution in [0, 0.1) is 11.8 Å². The SMILES string of the molecule is O=C(NCC#Cc1ccc(N2CCNC2=O)cc1)c1ccc(S(=O)(=O)N2CCCC2)cc1. The number of nitrogens with one attached hydrogen (secondary N) is 2. The molecule has 32 heavy (non-hydrogen) atoms. The minimum Gasteiger partial charge on any atom is -0.341 e. The molecule has 0 atom stereocenters. The van der Waals surface area contributed by atoms with Crippen molar-refractivity contribution in [3.63, 3.8) is 0 Å². The third kappa shape index (κ3) is 4.77. The highest BCUT2D eigenvalue weighted by molar-refractivity contribution is 7.89. The molecule has 8 nitrogen and oxygen atoms in total. The van der Waals surface area contributed by atoms with Gasteiger partial charge >= 0.3 is 6.03 Å². The molecule has 0 spiro atoms. The molecule has 9 heteroatoms. The van der Waals surface area contributed by atoms with Crippen LogP contribution in [-0.4, -0.2) is 57.4 Å². The molecule has 0 bridgehead atoms. The molecule has 0 radical (unpaired) electrons. The van der Waals surface area contributed by atoms with E-state index in [9.17, 15) is 18.0 Å². The highest BCUT2D eigenvalue weighted by Crippen LogP contribution is 2.21. The lowest BCUT2D eigenvalue weighted by atomic mass is 10.2. The lowest BCUT2D eigenvalue weighted by Crippen LogP contribution is -2.28. The van der Waals surface area contributed by atoms with Gasteiger partial charge in [0, 0.05) is 43.0 Å². The summed E-state index contributed by atoms with van der Waals surface area (Å²) < 4.78 is 26.6. The topological polar surface area (TPSA) is 98.8 Å². The van der Waals surface area contributed by atoms with Gasteiger partial charge in [0.1, 0.15) is 0 Å². The first kappa shape index (κ1) is 21.9. The van der Waals surface area contributed by atoms with Gasteiger partial charge in [-0.2, -0.15) is 4.31 Å². The van der Waals surface area contributed by atoms with Crippen LogP contribution in [0.15, 0.2) is 53.4 Å². The minimum absolute atomic E-state index is 0.103. The molecule has 2 fully saturated rings. The van der Waals surface area contributed by atoms with Crippen molar-refractivity contribution in [2.45, 2.75) is 17.7 Å². The number of benzene rings is 2. The van der Waals surface area contributed by atoms with Crippen molar-refractivity contribution in [2.24, 2.45) is 0 Å². The van der Waals surface area contributed by atoms with Crippen molar-refractivity contribution < 1.29 is 18.0 Å². The van der Waals surface area contributed by atoms with Crippen molar-refractivity contribution >= 4 is 27.6 Å². The third-order valence-electron chi connectivity index (χ3n) is 5.43. The van der Waals surface area contributed by atoms with E-state index in [1.807, 2.05) is 24.3 Å². The second-order valence-corrected chi connectivity index (χ2v) is 9.49. The molecule has 2 aliphatic rings. The Bertz CT molecular complexity index is 1160. The minimum atomic E-state index is -3.49. The largest absolute Gasteiger partial charge is 0.341 e. The molecule has 2 aromatic rings. The summed E-state index contributed by atoms with van der Waals surface area (Å²) in [5.41, 5.74) is 1.97. The molecule has 0 unspecified atom stereocenters. The summed E-state index contributed by atoms with van der Waals surface area (Å²) in [6, 6.07) is 13.2. The molecule has 2 heterocycles. The molecule has 166 valence electrons. The Balaban J connectivity index is 1.31. The van der Waals surface area contributed by atoms with Crippen molar-refractivity contribution in [3.05, 3.63) is 59.7 Å². The van der Waals surface area contributed by atoms with Crippen LogP contribution in [0.3, 0.4) is 0 Å². The molecule has 2 aromatic carbocycles. The lowest BCUT2D eigenvalue weighted by molar-refractivity contribution is 0.0958. The van der Waals surface area contributed by atoms with Crippen LogP contribution in [0.25, 0.3) is 0 Å². The van der Waals surface area contributed by atoms with Crippen LogP contribution in [0.4, 0.5) is 10.5 Å². The zero-order valence-corrected chi connectivity index (χ0v) is 18.3. The molecule has 0 aliphatic carbocycles. The number of hydrogen-bond acceptors (Lipinski definition) is 4. The van der Waals surface area contributed by atoms with E-state index in [0.717, 1.165) is 24.1 Å². The zero-order valence-electron chi connectivity index (χ0n) is 17.5. The predicted molar refractivity (Wildman–Crippen MR) is 121 cm³/mol. The lowest BCUT2D eigenvalue weighted by Gasteiger charge is -2.15. The van der Waals surface area contributed by atoms with E-state index >= 15 is 0 Å². The van der Waals surface area contributed by atoms with Gasteiger partial charge in [0.25, 0.3) is 5.91 Å². The summed E-state index contributed by atoms with van der Waals surface area (Å²) in [7, 11) is -3.49. The number of carbonyl (C=O) groups excluding carboxylic acids is 2. The quantitative estimate of drug-likeness (QED) is 0.676. The molecular formula is C23H24N4O4S. The van der Waals surface area contributed by atoms with Crippen LogP contribution in [-0.2, 0) is 10.0 Å². The summed E-state index contributed by atoms with van der Waals surface area (Å²) in [5, 5.41) is 5.47. The maximum Gasteiger partial charge on any atom is 0.321 e. The van der Waals surface area contributed by atoms with Crippen LogP contribution < -0.4 is 15.5 Å². The Kier molecular flexibility index (Phi) is 6.44. The molecular weight excluding hydrogens is 428 g/mol. The standard InChI is InChI=1S/C23H24N4O4S/c28-22(19-7-11-21(12-8-19)32(30,31)26-15-1-2-16-26)24-13-3-4-18-5-9-20(10-6-18)27-17-14-25-23(27)29/h5-12H,1-2,13-17H2,(H,24,28)(H,25,29). The van der Waals surface area contributed by atoms with Gasteiger partial charge in [-0.05, 0) is 61.4 Å². The molecule has 4 rings (SSSR count). The van der Waals surface area contributed by atoms with Crippen LogP contribution >= 0.6 is 0 Å². The second kappa shape index (κ2) is 9.42. The zero-order chi connectivity index (χ0) is 22.6. The number of sulfonamides is 1. The summed E-state index contributed by atoms with van der Waals surface area (Å²) in [6.07, 6.45) is 1.75. The van der Waals surface area contributed by atoms with Gasteiger partial charge in [-0.1, -0.05) is 11.8 Å². The number of hydrogen-bond donors (Lipinski definition) is 2. The van der Waals surface area contributed by atoms with E-state index in [0.29, 0.717) is 31.7 Å². The molecule has 3 amide bonds. The number of nitrogens with zero attached hydrogens (tertiary/aromatic N) is 2. The van der Waals surface area contributed by atoms with Gasteiger partial charge in [0.15, 0.2) is 0 Å². The van der Waals surface area contributed by atoms with Gasteiger partial charge < -0.3 is 10.6 Å². The maximum atomic E-state index is 12.6. The highest BCUT2D eigenvalue weighted by Gasteiger charge is 2.27. The van der Waals surface area contributed by atoms with E-state index in [1.165, 1.54) is 28.6 Å². The number of carbonyl (C=O) groups is 2. The fourth-order valence-corrected chi connectivity index (χ4v) is 5.19. The van der Waals surface area contributed by atoms with E-state index in [2.05, 4.69) is 22.5 Å². The Morgan fingerprint density at radius 3 is 2.31 bits per heavy atom. The Morgan fingerprint density at radius 2 is 1.69 bits per heavy atom. The van der Waals surface area contributed by atoms with Crippen LogP contribution in [0.5, 0.6) is 0 Å². The maximum absolute atomic E-state index is 12.6. The average molecular weight is 453 g/mol. The molecule has 2 aliphatic heterocycles. The molecule has 2 N–H and O–H groups in total. The smallest absolute Gasteiger partial charge is 0.321 e. The van der Waals surface area contributed by atoms with E-state index in [4.69, 9.17) is 0 Å². The number of amides is 3. The summed E-state index contributed by atoms with van der Waals surface area (Å²) in [5.74, 6) is 5.55. The van der Waals surface area contributed by atoms with E-state index < -0.39 is 10.0 Å². The summed E-state index contributed by atoms with van der Waals surface area (Å²) in [6.45, 7) is 2.51. The number of anilines is 1. The van der Waals surface area contributed by atoms with Crippen molar-refractivity contribution in [1.82, 2.24) is 14.9 Å². The monoisotopic (exact) mass is 452 g/mol. The highest BCUT2D eigenvalue weighted by atomic mass is 32.2. The van der Waals surface area contributed by atoms with Crippen LogP contribution in [0.1, 0.15) is 28.8 Å². The number of rotatable bonds is 5. The normalized spacial score (nSPS) is 16.4. The molecule has 0 aromatic heterocycles. The van der Waals surface area contributed by atoms with Gasteiger partial charge in [-0.15, -0.1) is 0 Å². The van der Waals surface area contributed by atoms with E-state index in [1.54, 1.807) is 4.90 Å². The predicted octanol–water partition coefficient (Wildman–Crippen LogP) is 1.78. The third-order valence-corrected chi connectivity index (χ3v) is 7.34. The van der Waals surface area contributed by atoms with Gasteiger partial charge in [0.2, 0.25) is 10.0 Å².